The lowest BCUT2D eigenvalue weighted by Crippen LogP contribution is -2.44. The quantitative estimate of drug-likeness (QED) is 0.683. The van der Waals surface area contributed by atoms with Gasteiger partial charge in [0.1, 0.15) is 0 Å². The lowest BCUT2D eigenvalue weighted by atomic mass is 9.74. The van der Waals surface area contributed by atoms with Crippen molar-refractivity contribution >= 4 is 37.5 Å². The highest BCUT2D eigenvalue weighted by Crippen LogP contribution is 2.35. The number of para-hydroxylation sites is 1. The Balaban J connectivity index is 1.82. The monoisotopic (exact) mass is 466 g/mol. The largest absolute Gasteiger partial charge is 0.381 e. The number of carbonyl (C=O) groups is 1. The van der Waals surface area contributed by atoms with E-state index in [2.05, 4.69) is 38.1 Å². The average molecular weight is 467 g/mol. The number of hydrogen-bond donors (Lipinski definition) is 2. The van der Waals surface area contributed by atoms with Crippen LogP contribution in [0.15, 0.2) is 53.0 Å². The van der Waals surface area contributed by atoms with E-state index in [4.69, 9.17) is 4.74 Å². The lowest BCUT2D eigenvalue weighted by Gasteiger charge is -2.38. The summed E-state index contributed by atoms with van der Waals surface area (Å²) in [4.78, 5) is 12.8. The Bertz CT molecular complexity index is 956. The fourth-order valence-electron chi connectivity index (χ4n) is 3.46. The highest BCUT2D eigenvalue weighted by Gasteiger charge is 2.35. The van der Waals surface area contributed by atoms with Crippen LogP contribution >= 0.6 is 15.9 Å². The fraction of sp³-hybridized carbons (Fsp3) is 0.350. The summed E-state index contributed by atoms with van der Waals surface area (Å²) < 4.78 is 32.1. The van der Waals surface area contributed by atoms with Crippen LogP contribution in [0.1, 0.15) is 28.8 Å². The number of anilines is 1. The first-order valence-corrected chi connectivity index (χ1v) is 11.7. The van der Waals surface area contributed by atoms with Crippen LogP contribution in [-0.2, 0) is 20.2 Å². The van der Waals surface area contributed by atoms with Crippen LogP contribution in [-0.4, -0.2) is 40.3 Å². The van der Waals surface area contributed by atoms with Gasteiger partial charge in [-0.25, -0.2) is 8.42 Å². The van der Waals surface area contributed by atoms with E-state index in [-0.39, 0.29) is 17.0 Å². The number of amides is 1. The number of nitrogens with one attached hydrogen (secondary N) is 2. The molecule has 150 valence electrons. The second kappa shape index (κ2) is 8.63. The highest BCUT2D eigenvalue weighted by molar-refractivity contribution is 9.10. The minimum Gasteiger partial charge on any atom is -0.381 e. The zero-order valence-corrected chi connectivity index (χ0v) is 18.0. The van der Waals surface area contributed by atoms with Crippen molar-refractivity contribution < 1.29 is 17.9 Å². The molecule has 1 amide bonds. The van der Waals surface area contributed by atoms with E-state index < -0.39 is 10.0 Å². The summed E-state index contributed by atoms with van der Waals surface area (Å²) in [6.07, 6.45) is 2.66. The Hall–Kier alpha value is -1.90. The standard InChI is InChI=1S/C20H23BrN2O4S/c1-28(25,26)23-18-8-3-2-7-17(18)19(24)22-14-20(9-11-27-12-10-20)15-5-4-6-16(21)13-15/h2-8,13,23H,9-12,14H2,1H3,(H,22,24). The van der Waals surface area contributed by atoms with Crippen molar-refractivity contribution in [3.63, 3.8) is 0 Å². The summed E-state index contributed by atoms with van der Waals surface area (Å²) in [5, 5.41) is 3.01. The molecule has 1 heterocycles. The Morgan fingerprint density at radius 2 is 1.86 bits per heavy atom. The topological polar surface area (TPSA) is 84.5 Å². The Morgan fingerprint density at radius 3 is 2.54 bits per heavy atom. The predicted octanol–water partition coefficient (Wildman–Crippen LogP) is 3.30. The van der Waals surface area contributed by atoms with Gasteiger partial charge in [-0.2, -0.15) is 0 Å². The molecule has 1 aliphatic heterocycles. The van der Waals surface area contributed by atoms with E-state index in [1.807, 2.05) is 12.1 Å². The molecular formula is C20H23BrN2O4S. The number of sulfonamides is 1. The van der Waals surface area contributed by atoms with E-state index in [1.165, 1.54) is 0 Å². The third-order valence-corrected chi connectivity index (χ3v) is 6.03. The molecule has 2 aromatic rings. The number of halogens is 1. The average Bonchev–Trinajstić information content (AvgIpc) is 2.66. The molecule has 0 aliphatic carbocycles. The minimum absolute atomic E-state index is 0.225. The Morgan fingerprint density at radius 1 is 1.14 bits per heavy atom. The second-order valence-corrected chi connectivity index (χ2v) is 9.67. The molecule has 6 nitrogen and oxygen atoms in total. The van der Waals surface area contributed by atoms with Crippen LogP contribution in [0.5, 0.6) is 0 Å². The van der Waals surface area contributed by atoms with Gasteiger partial charge in [-0.3, -0.25) is 9.52 Å². The van der Waals surface area contributed by atoms with E-state index in [1.54, 1.807) is 24.3 Å². The van der Waals surface area contributed by atoms with E-state index in [9.17, 15) is 13.2 Å². The van der Waals surface area contributed by atoms with Gasteiger partial charge < -0.3 is 10.1 Å². The van der Waals surface area contributed by atoms with Gasteiger partial charge in [-0.05, 0) is 42.7 Å². The molecule has 1 aliphatic rings. The van der Waals surface area contributed by atoms with Crippen LogP contribution in [0.3, 0.4) is 0 Å². The van der Waals surface area contributed by atoms with Crippen LogP contribution in [0.4, 0.5) is 5.69 Å². The number of benzene rings is 2. The molecule has 8 heteroatoms. The Labute approximate surface area is 173 Å². The van der Waals surface area contributed by atoms with Gasteiger partial charge in [0.05, 0.1) is 17.5 Å². The van der Waals surface area contributed by atoms with Crippen LogP contribution in [0.25, 0.3) is 0 Å². The first-order valence-electron chi connectivity index (χ1n) is 8.98. The summed E-state index contributed by atoms with van der Waals surface area (Å²) in [6.45, 7) is 1.71. The summed E-state index contributed by atoms with van der Waals surface area (Å²) >= 11 is 3.52. The third kappa shape index (κ3) is 5.12. The molecule has 1 saturated heterocycles. The molecule has 2 aromatic carbocycles. The lowest BCUT2D eigenvalue weighted by molar-refractivity contribution is 0.0487. The number of rotatable bonds is 6. The number of hydrogen-bond acceptors (Lipinski definition) is 4. The van der Waals surface area contributed by atoms with Crippen molar-refractivity contribution in [2.75, 3.05) is 30.7 Å². The van der Waals surface area contributed by atoms with E-state index in [0.717, 1.165) is 29.1 Å². The van der Waals surface area contributed by atoms with Gasteiger partial charge in [0.15, 0.2) is 0 Å². The van der Waals surface area contributed by atoms with Gasteiger partial charge in [0.2, 0.25) is 10.0 Å². The zero-order valence-electron chi connectivity index (χ0n) is 15.6. The molecule has 3 rings (SSSR count). The molecule has 0 bridgehead atoms. The van der Waals surface area contributed by atoms with Crippen molar-refractivity contribution in [2.24, 2.45) is 0 Å². The first-order chi connectivity index (χ1) is 13.3. The number of ether oxygens (including phenoxy) is 1. The number of carbonyl (C=O) groups excluding carboxylic acids is 1. The smallest absolute Gasteiger partial charge is 0.253 e. The van der Waals surface area contributed by atoms with Gasteiger partial charge in [-0.1, -0.05) is 40.2 Å². The molecule has 0 spiro atoms. The minimum atomic E-state index is -3.48. The maximum atomic E-state index is 12.8. The van der Waals surface area contributed by atoms with Crippen molar-refractivity contribution in [3.8, 4) is 0 Å². The zero-order chi connectivity index (χ0) is 20.2. The van der Waals surface area contributed by atoms with Gasteiger partial charge in [0, 0.05) is 29.6 Å². The summed E-state index contributed by atoms with van der Waals surface area (Å²) in [5.74, 6) is -0.312. The van der Waals surface area contributed by atoms with Crippen molar-refractivity contribution in [1.82, 2.24) is 5.32 Å². The third-order valence-electron chi connectivity index (χ3n) is 4.94. The molecule has 0 saturated carbocycles. The van der Waals surface area contributed by atoms with E-state index >= 15 is 0 Å². The molecule has 0 atom stereocenters. The predicted molar refractivity (Wildman–Crippen MR) is 113 cm³/mol. The Kier molecular flexibility index (Phi) is 6.42. The molecular weight excluding hydrogens is 444 g/mol. The molecule has 0 aromatic heterocycles. The van der Waals surface area contributed by atoms with Crippen LogP contribution < -0.4 is 10.0 Å². The van der Waals surface area contributed by atoms with Crippen LogP contribution in [0.2, 0.25) is 0 Å². The second-order valence-electron chi connectivity index (χ2n) is 7.01. The normalized spacial score (nSPS) is 16.4. The first kappa shape index (κ1) is 20.8. The maximum Gasteiger partial charge on any atom is 0.253 e. The van der Waals surface area contributed by atoms with Crippen LogP contribution in [0, 0.1) is 0 Å². The molecule has 28 heavy (non-hydrogen) atoms. The molecule has 0 unspecified atom stereocenters. The maximum absolute atomic E-state index is 12.8. The van der Waals surface area contributed by atoms with Crippen molar-refractivity contribution in [3.05, 3.63) is 64.1 Å². The van der Waals surface area contributed by atoms with Crippen molar-refractivity contribution in [1.29, 1.82) is 0 Å². The molecule has 2 N–H and O–H groups in total. The summed E-state index contributed by atoms with van der Waals surface area (Å²) in [5.41, 5.74) is 1.49. The fourth-order valence-corrected chi connectivity index (χ4v) is 4.44. The summed E-state index contributed by atoms with van der Waals surface area (Å²) in [7, 11) is -3.48. The highest BCUT2D eigenvalue weighted by atomic mass is 79.9. The van der Waals surface area contributed by atoms with E-state index in [0.29, 0.717) is 25.3 Å². The van der Waals surface area contributed by atoms with Gasteiger partial charge in [0.25, 0.3) is 5.91 Å². The van der Waals surface area contributed by atoms with Crippen molar-refractivity contribution in [2.45, 2.75) is 18.3 Å². The molecule has 0 radical (unpaired) electrons. The van der Waals surface area contributed by atoms with Gasteiger partial charge in [-0.15, -0.1) is 0 Å². The summed E-state index contributed by atoms with van der Waals surface area (Å²) in [6, 6.07) is 14.7. The molecule has 1 fully saturated rings. The van der Waals surface area contributed by atoms with Gasteiger partial charge >= 0.3 is 0 Å². The SMILES string of the molecule is CS(=O)(=O)Nc1ccccc1C(=O)NCC1(c2cccc(Br)c2)CCOCC1.